The molecular formula is C13H18N4O6S. The molecule has 2 N–H and O–H groups in total. The van der Waals surface area contributed by atoms with E-state index < -0.39 is 22.1 Å². The van der Waals surface area contributed by atoms with Gasteiger partial charge in [-0.3, -0.25) is 24.2 Å². The van der Waals surface area contributed by atoms with Crippen molar-refractivity contribution in [2.24, 2.45) is 0 Å². The van der Waals surface area contributed by atoms with Crippen LogP contribution >= 0.6 is 0 Å². The standard InChI is InChI=1S/C7H6O6S.C6H12N4/c8-7(9)5-3-1-2-4-6(5)13-14(10,11)12;1-7-2-9-4-8(1)5-10(3-7)6-9/h1-4H,(H,8,9)(H,10,11,12);1-6H2. The molecule has 4 aliphatic rings. The number of benzene rings is 1. The zero-order chi connectivity index (χ0) is 17.3. The van der Waals surface area contributed by atoms with Gasteiger partial charge in [0.05, 0.1) is 40.0 Å². The van der Waals surface area contributed by atoms with Crippen LogP contribution in [0, 0.1) is 0 Å². The highest BCUT2D eigenvalue weighted by molar-refractivity contribution is 7.81. The van der Waals surface area contributed by atoms with Crippen molar-refractivity contribution in [2.45, 2.75) is 0 Å². The molecule has 0 radical (unpaired) electrons. The van der Waals surface area contributed by atoms with Gasteiger partial charge in [0.25, 0.3) is 0 Å². The first-order valence-electron chi connectivity index (χ1n) is 7.19. The molecule has 4 heterocycles. The molecule has 5 rings (SSSR count). The number of carboxylic acid groups (broad SMARTS) is 1. The van der Waals surface area contributed by atoms with Gasteiger partial charge in [0.15, 0.2) is 5.75 Å². The lowest BCUT2D eigenvalue weighted by Gasteiger charge is -2.56. The van der Waals surface area contributed by atoms with E-state index in [1.165, 1.54) is 52.1 Å². The second-order valence-electron chi connectivity index (χ2n) is 5.84. The Balaban J connectivity index is 0.000000147. The highest BCUT2D eigenvalue weighted by Gasteiger charge is 2.36. The van der Waals surface area contributed by atoms with Crippen molar-refractivity contribution < 1.29 is 27.1 Å². The van der Waals surface area contributed by atoms with Crippen molar-refractivity contribution in [1.82, 2.24) is 19.6 Å². The van der Waals surface area contributed by atoms with Crippen LogP contribution in [0.25, 0.3) is 0 Å². The van der Waals surface area contributed by atoms with E-state index in [-0.39, 0.29) is 5.56 Å². The lowest BCUT2D eigenvalue weighted by Crippen LogP contribution is -2.71. The lowest BCUT2D eigenvalue weighted by molar-refractivity contribution is -0.194. The molecule has 4 fully saturated rings. The Morgan fingerprint density at radius 2 is 1.33 bits per heavy atom. The number of para-hydroxylation sites is 1. The van der Waals surface area contributed by atoms with Gasteiger partial charge in [-0.15, -0.1) is 0 Å². The molecule has 0 aromatic heterocycles. The molecule has 4 aliphatic heterocycles. The molecule has 4 saturated heterocycles. The fraction of sp³-hybridized carbons (Fsp3) is 0.462. The van der Waals surface area contributed by atoms with Gasteiger partial charge in [-0.2, -0.15) is 8.42 Å². The summed E-state index contributed by atoms with van der Waals surface area (Å²) in [5.41, 5.74) is -0.342. The number of nitrogens with zero attached hydrogens (tertiary/aromatic N) is 4. The minimum absolute atomic E-state index is 0.342. The molecule has 0 spiro atoms. The van der Waals surface area contributed by atoms with Gasteiger partial charge < -0.3 is 9.29 Å². The van der Waals surface area contributed by atoms with Crippen LogP contribution in [0.15, 0.2) is 24.3 Å². The molecule has 0 saturated carbocycles. The van der Waals surface area contributed by atoms with Crippen molar-refractivity contribution in [3.05, 3.63) is 29.8 Å². The molecule has 132 valence electrons. The maximum absolute atomic E-state index is 10.6. The first-order valence-corrected chi connectivity index (χ1v) is 8.55. The molecular weight excluding hydrogens is 340 g/mol. The largest absolute Gasteiger partial charge is 0.478 e. The molecule has 4 bridgehead atoms. The molecule has 0 atom stereocenters. The number of hydrogen-bond acceptors (Lipinski definition) is 8. The minimum atomic E-state index is -4.70. The smallest absolute Gasteiger partial charge is 0.446 e. The topological polar surface area (TPSA) is 114 Å². The summed E-state index contributed by atoms with van der Waals surface area (Å²) in [4.78, 5) is 20.4. The van der Waals surface area contributed by atoms with Gasteiger partial charge in [0, 0.05) is 0 Å². The highest BCUT2D eigenvalue weighted by Crippen LogP contribution is 2.20. The van der Waals surface area contributed by atoms with Gasteiger partial charge in [0.1, 0.15) is 5.56 Å². The first-order chi connectivity index (χ1) is 11.3. The molecule has 1 aromatic carbocycles. The van der Waals surface area contributed by atoms with Gasteiger partial charge in [-0.25, -0.2) is 4.79 Å². The normalized spacial score (nSPS) is 30.4. The van der Waals surface area contributed by atoms with Crippen LogP contribution in [0.2, 0.25) is 0 Å². The predicted octanol–water partition coefficient (Wildman–Crippen LogP) is -0.453. The van der Waals surface area contributed by atoms with Gasteiger partial charge in [-0.1, -0.05) is 12.1 Å². The van der Waals surface area contributed by atoms with Crippen molar-refractivity contribution >= 4 is 16.4 Å². The summed E-state index contributed by atoms with van der Waals surface area (Å²) in [6.07, 6.45) is 0. The fourth-order valence-corrected chi connectivity index (χ4v) is 3.44. The van der Waals surface area contributed by atoms with Crippen LogP contribution in [-0.4, -0.2) is 83.7 Å². The number of carboxylic acids is 1. The second-order valence-corrected chi connectivity index (χ2v) is 6.87. The molecule has 11 heteroatoms. The van der Waals surface area contributed by atoms with E-state index in [0.29, 0.717) is 0 Å². The Hall–Kier alpha value is -1.76. The third kappa shape index (κ3) is 4.20. The van der Waals surface area contributed by atoms with Crippen LogP contribution in [0.4, 0.5) is 0 Å². The summed E-state index contributed by atoms with van der Waals surface area (Å²) >= 11 is 0. The second kappa shape index (κ2) is 6.63. The molecule has 0 amide bonds. The van der Waals surface area contributed by atoms with E-state index in [1.807, 2.05) is 0 Å². The maximum atomic E-state index is 10.6. The van der Waals surface area contributed by atoms with Crippen molar-refractivity contribution in [3.63, 3.8) is 0 Å². The number of rotatable bonds is 3. The van der Waals surface area contributed by atoms with E-state index in [0.717, 1.165) is 12.1 Å². The summed E-state index contributed by atoms with van der Waals surface area (Å²) in [6.45, 7) is 7.12. The molecule has 0 aliphatic carbocycles. The van der Waals surface area contributed by atoms with Crippen LogP contribution in [0.1, 0.15) is 10.4 Å². The minimum Gasteiger partial charge on any atom is -0.478 e. The SMILES string of the molecule is C1N2CN3CN1CN(C2)C3.O=C(O)c1ccccc1OS(=O)(=O)O. The summed E-state index contributed by atoms with van der Waals surface area (Å²) in [5.74, 6) is -1.77. The van der Waals surface area contributed by atoms with E-state index in [9.17, 15) is 13.2 Å². The van der Waals surface area contributed by atoms with E-state index in [4.69, 9.17) is 9.66 Å². The monoisotopic (exact) mass is 358 g/mol. The van der Waals surface area contributed by atoms with Crippen molar-refractivity contribution in [2.75, 3.05) is 40.0 Å². The average Bonchev–Trinajstić information content (AvgIpc) is 2.45. The zero-order valence-corrected chi connectivity index (χ0v) is 13.6. The first kappa shape index (κ1) is 17.1. The summed E-state index contributed by atoms with van der Waals surface area (Å²) in [5, 5.41) is 8.61. The Kier molecular flexibility index (Phi) is 4.71. The highest BCUT2D eigenvalue weighted by atomic mass is 32.3. The number of aromatic carboxylic acids is 1. The Morgan fingerprint density at radius 1 is 0.917 bits per heavy atom. The number of carbonyl (C=O) groups is 1. The zero-order valence-electron chi connectivity index (χ0n) is 12.8. The van der Waals surface area contributed by atoms with Crippen LogP contribution in [0.3, 0.4) is 0 Å². The van der Waals surface area contributed by atoms with Crippen molar-refractivity contribution in [1.29, 1.82) is 0 Å². The predicted molar refractivity (Wildman–Crippen MR) is 82.1 cm³/mol. The van der Waals surface area contributed by atoms with Crippen molar-refractivity contribution in [3.8, 4) is 5.75 Å². The Bertz CT molecular complexity index is 668. The van der Waals surface area contributed by atoms with Crippen LogP contribution in [-0.2, 0) is 10.4 Å². The summed E-state index contributed by atoms with van der Waals surface area (Å²) in [7, 11) is -4.70. The molecule has 24 heavy (non-hydrogen) atoms. The third-order valence-electron chi connectivity index (χ3n) is 3.71. The average molecular weight is 358 g/mol. The molecule has 0 unspecified atom stereocenters. The number of hydrogen-bond donors (Lipinski definition) is 2. The summed E-state index contributed by atoms with van der Waals surface area (Å²) in [6, 6.07) is 5.06. The lowest BCUT2D eigenvalue weighted by atomic mass is 10.2. The molecule has 1 aromatic rings. The maximum Gasteiger partial charge on any atom is 0.446 e. The Morgan fingerprint density at radius 3 is 1.71 bits per heavy atom. The van der Waals surface area contributed by atoms with E-state index in [1.54, 1.807) is 0 Å². The van der Waals surface area contributed by atoms with Gasteiger partial charge in [-0.05, 0) is 12.1 Å². The third-order valence-corrected chi connectivity index (χ3v) is 4.10. The van der Waals surface area contributed by atoms with Crippen LogP contribution < -0.4 is 4.18 Å². The van der Waals surface area contributed by atoms with Gasteiger partial charge in [0.2, 0.25) is 0 Å². The molecule has 10 nitrogen and oxygen atoms in total. The fourth-order valence-electron chi connectivity index (χ4n) is 3.06. The van der Waals surface area contributed by atoms with E-state index >= 15 is 0 Å². The van der Waals surface area contributed by atoms with Crippen LogP contribution in [0.5, 0.6) is 5.75 Å². The van der Waals surface area contributed by atoms with Gasteiger partial charge >= 0.3 is 16.4 Å². The summed E-state index contributed by atoms with van der Waals surface area (Å²) < 4.78 is 33.0. The Labute approximate surface area is 139 Å². The van der Waals surface area contributed by atoms with E-state index in [2.05, 4.69) is 23.8 Å². The quantitative estimate of drug-likeness (QED) is 0.688.